The van der Waals surface area contributed by atoms with Crippen LogP contribution in [0.3, 0.4) is 0 Å². The third kappa shape index (κ3) is 2.59. The van der Waals surface area contributed by atoms with Gasteiger partial charge in [-0.3, -0.25) is 4.79 Å². The van der Waals surface area contributed by atoms with Crippen molar-refractivity contribution >= 4 is 17.2 Å². The Hall–Kier alpha value is -2.69. The number of anilines is 1. The summed E-state index contributed by atoms with van der Waals surface area (Å²) in [6.45, 7) is 2.07. The first-order valence-corrected chi connectivity index (χ1v) is 7.92. The smallest absolute Gasteiger partial charge is 0.227 e. The van der Waals surface area contributed by atoms with E-state index in [2.05, 4.69) is 22.3 Å². The van der Waals surface area contributed by atoms with Crippen LogP contribution in [0.15, 0.2) is 42.9 Å². The molecule has 5 heteroatoms. The maximum Gasteiger partial charge on any atom is 0.227 e. The quantitative estimate of drug-likeness (QED) is 0.806. The average molecular weight is 306 g/mol. The summed E-state index contributed by atoms with van der Waals surface area (Å²) in [4.78, 5) is 16.3. The van der Waals surface area contributed by atoms with Crippen molar-refractivity contribution in [2.75, 3.05) is 5.32 Å². The number of aryl methyl sites for hydroxylation is 1. The fourth-order valence-corrected chi connectivity index (χ4v) is 2.90. The van der Waals surface area contributed by atoms with Gasteiger partial charge in [-0.2, -0.15) is 5.10 Å². The lowest BCUT2D eigenvalue weighted by Gasteiger charge is -2.24. The molecule has 0 aliphatic heterocycles. The molecule has 0 spiro atoms. The highest BCUT2D eigenvalue weighted by Gasteiger charge is 2.25. The molecule has 3 aromatic rings. The number of amides is 1. The first-order chi connectivity index (χ1) is 11.2. The molecule has 1 saturated carbocycles. The highest BCUT2D eigenvalue weighted by Crippen LogP contribution is 2.30. The lowest BCUT2D eigenvalue weighted by atomic mass is 9.85. The monoisotopic (exact) mass is 306 g/mol. The van der Waals surface area contributed by atoms with Gasteiger partial charge in [0.2, 0.25) is 5.91 Å². The van der Waals surface area contributed by atoms with E-state index in [9.17, 15) is 4.79 Å². The molecule has 0 bridgehead atoms. The number of nitrogens with one attached hydrogen (secondary N) is 1. The number of aromatic nitrogens is 3. The standard InChI is InChI=1S/C18H18N4O/c1-12-5-7-15(21-18(23)13-3-2-4-13)9-16(12)14-6-8-17-19-11-20-22(17)10-14/h5-11,13H,2-4H2,1H3,(H,21,23). The number of pyridine rings is 1. The van der Waals surface area contributed by atoms with Crippen LogP contribution in [0.4, 0.5) is 5.69 Å². The second-order valence-corrected chi connectivity index (χ2v) is 6.13. The molecule has 2 heterocycles. The molecule has 1 aliphatic carbocycles. The first kappa shape index (κ1) is 13.9. The van der Waals surface area contributed by atoms with Crippen LogP contribution < -0.4 is 5.32 Å². The summed E-state index contributed by atoms with van der Waals surface area (Å²) in [5, 5.41) is 7.22. The molecule has 116 valence electrons. The van der Waals surface area contributed by atoms with E-state index in [0.29, 0.717) is 0 Å². The lowest BCUT2D eigenvalue weighted by Crippen LogP contribution is -2.28. The summed E-state index contributed by atoms with van der Waals surface area (Å²) >= 11 is 0. The molecule has 4 rings (SSSR count). The van der Waals surface area contributed by atoms with E-state index in [4.69, 9.17) is 0 Å². The number of benzene rings is 1. The van der Waals surface area contributed by atoms with Gasteiger partial charge in [-0.05, 0) is 55.2 Å². The molecule has 1 aliphatic rings. The van der Waals surface area contributed by atoms with Crippen molar-refractivity contribution in [2.45, 2.75) is 26.2 Å². The van der Waals surface area contributed by atoms with Gasteiger partial charge in [0.05, 0.1) is 0 Å². The molecule has 2 aromatic heterocycles. The Bertz CT molecular complexity index is 880. The number of nitrogens with zero attached hydrogens (tertiary/aromatic N) is 3. The van der Waals surface area contributed by atoms with Crippen molar-refractivity contribution in [2.24, 2.45) is 5.92 Å². The van der Waals surface area contributed by atoms with Gasteiger partial charge in [0.15, 0.2) is 5.65 Å². The van der Waals surface area contributed by atoms with E-state index in [1.807, 2.05) is 36.5 Å². The van der Waals surface area contributed by atoms with Crippen LogP contribution in [0, 0.1) is 12.8 Å². The normalized spacial score (nSPS) is 14.7. The van der Waals surface area contributed by atoms with Crippen LogP contribution in [0.2, 0.25) is 0 Å². The molecule has 0 saturated heterocycles. The van der Waals surface area contributed by atoms with Crippen LogP contribution >= 0.6 is 0 Å². The number of hydrogen-bond donors (Lipinski definition) is 1. The number of carbonyl (C=O) groups is 1. The van der Waals surface area contributed by atoms with E-state index < -0.39 is 0 Å². The van der Waals surface area contributed by atoms with Gasteiger partial charge in [0, 0.05) is 23.4 Å². The van der Waals surface area contributed by atoms with Gasteiger partial charge < -0.3 is 5.32 Å². The van der Waals surface area contributed by atoms with E-state index >= 15 is 0 Å². The van der Waals surface area contributed by atoms with Crippen LogP contribution in [-0.4, -0.2) is 20.5 Å². The largest absolute Gasteiger partial charge is 0.326 e. The van der Waals surface area contributed by atoms with Gasteiger partial charge >= 0.3 is 0 Å². The number of carbonyl (C=O) groups excluding carboxylic acids is 1. The predicted molar refractivity (Wildman–Crippen MR) is 89.1 cm³/mol. The molecule has 1 aromatic carbocycles. The van der Waals surface area contributed by atoms with E-state index in [1.165, 1.54) is 0 Å². The molecule has 1 amide bonds. The predicted octanol–water partition coefficient (Wildman–Crippen LogP) is 3.44. The molecular weight excluding hydrogens is 288 g/mol. The fourth-order valence-electron chi connectivity index (χ4n) is 2.90. The zero-order chi connectivity index (χ0) is 15.8. The van der Waals surface area contributed by atoms with Crippen LogP contribution in [0.25, 0.3) is 16.8 Å². The average Bonchev–Trinajstić information content (AvgIpc) is 2.94. The Kier molecular flexibility index (Phi) is 3.33. The zero-order valence-corrected chi connectivity index (χ0v) is 13.0. The summed E-state index contributed by atoms with van der Waals surface area (Å²) in [6, 6.07) is 10.0. The highest BCUT2D eigenvalue weighted by molar-refractivity contribution is 5.93. The second-order valence-electron chi connectivity index (χ2n) is 6.13. The van der Waals surface area contributed by atoms with Gasteiger partial charge in [0.25, 0.3) is 0 Å². The van der Waals surface area contributed by atoms with E-state index in [0.717, 1.165) is 47.3 Å². The molecule has 0 unspecified atom stereocenters. The minimum atomic E-state index is 0.137. The van der Waals surface area contributed by atoms with Crippen LogP contribution in [-0.2, 0) is 4.79 Å². The minimum Gasteiger partial charge on any atom is -0.326 e. The van der Waals surface area contributed by atoms with E-state index in [-0.39, 0.29) is 11.8 Å². The number of hydrogen-bond acceptors (Lipinski definition) is 3. The number of rotatable bonds is 3. The molecule has 5 nitrogen and oxygen atoms in total. The fraction of sp³-hybridized carbons (Fsp3) is 0.278. The van der Waals surface area contributed by atoms with Crippen molar-refractivity contribution in [3.05, 3.63) is 48.4 Å². The Labute approximate surface area is 134 Å². The molecule has 1 fully saturated rings. The van der Waals surface area contributed by atoms with Crippen molar-refractivity contribution < 1.29 is 4.79 Å². The molecule has 23 heavy (non-hydrogen) atoms. The van der Waals surface area contributed by atoms with Crippen LogP contribution in [0.5, 0.6) is 0 Å². The van der Waals surface area contributed by atoms with Crippen LogP contribution in [0.1, 0.15) is 24.8 Å². The van der Waals surface area contributed by atoms with Gasteiger partial charge in [0.1, 0.15) is 6.33 Å². The van der Waals surface area contributed by atoms with Crippen molar-refractivity contribution in [3.63, 3.8) is 0 Å². The van der Waals surface area contributed by atoms with E-state index in [1.54, 1.807) is 10.8 Å². The molecule has 1 N–H and O–H groups in total. The Balaban J connectivity index is 1.66. The Morgan fingerprint density at radius 2 is 2.13 bits per heavy atom. The maximum absolute atomic E-state index is 12.1. The van der Waals surface area contributed by atoms with Crippen molar-refractivity contribution in [1.82, 2.24) is 14.6 Å². The third-order valence-corrected chi connectivity index (χ3v) is 4.57. The summed E-state index contributed by atoms with van der Waals surface area (Å²) in [5.41, 5.74) is 4.97. The third-order valence-electron chi connectivity index (χ3n) is 4.57. The summed E-state index contributed by atoms with van der Waals surface area (Å²) in [7, 11) is 0. The highest BCUT2D eigenvalue weighted by atomic mass is 16.1. The Morgan fingerprint density at radius 3 is 2.91 bits per heavy atom. The number of fused-ring (bicyclic) bond motifs is 1. The summed E-state index contributed by atoms with van der Waals surface area (Å²) in [5.74, 6) is 0.323. The minimum absolute atomic E-state index is 0.137. The summed E-state index contributed by atoms with van der Waals surface area (Å²) in [6.07, 6.45) is 6.68. The lowest BCUT2D eigenvalue weighted by molar-refractivity contribution is -0.122. The molecule has 0 radical (unpaired) electrons. The van der Waals surface area contributed by atoms with Gasteiger partial charge in [-0.25, -0.2) is 9.50 Å². The van der Waals surface area contributed by atoms with Gasteiger partial charge in [-0.15, -0.1) is 0 Å². The summed E-state index contributed by atoms with van der Waals surface area (Å²) < 4.78 is 1.76. The van der Waals surface area contributed by atoms with Crippen molar-refractivity contribution in [3.8, 4) is 11.1 Å². The second kappa shape index (κ2) is 5.50. The topological polar surface area (TPSA) is 59.3 Å². The zero-order valence-electron chi connectivity index (χ0n) is 13.0. The molecule has 0 atom stereocenters. The van der Waals surface area contributed by atoms with Gasteiger partial charge in [-0.1, -0.05) is 12.5 Å². The SMILES string of the molecule is Cc1ccc(NC(=O)C2CCC2)cc1-c1ccc2ncnn2c1. The maximum atomic E-state index is 12.1. The Morgan fingerprint density at radius 1 is 1.26 bits per heavy atom. The van der Waals surface area contributed by atoms with Crippen molar-refractivity contribution in [1.29, 1.82) is 0 Å². The molecular formula is C18H18N4O. The first-order valence-electron chi connectivity index (χ1n) is 7.92.